The molecule has 30 nitrogen and oxygen atoms in total. The number of fused-ring (bicyclic) bond motifs is 7. The molecule has 0 amide bonds. The maximum atomic E-state index is 12.4. The molecule has 8 heterocycles. The zero-order valence-corrected chi connectivity index (χ0v) is 51.2. The number of rotatable bonds is 15. The highest BCUT2D eigenvalue weighted by Crippen LogP contribution is 2.71. The van der Waals surface area contributed by atoms with Crippen molar-refractivity contribution in [1.82, 2.24) is 0 Å². The van der Waals surface area contributed by atoms with Gasteiger partial charge >= 0.3 is 0 Å². The van der Waals surface area contributed by atoms with E-state index in [2.05, 4.69) is 27.7 Å². The zero-order valence-electron chi connectivity index (χ0n) is 51.2. The van der Waals surface area contributed by atoms with Crippen LogP contribution >= 0.6 is 0 Å². The lowest BCUT2D eigenvalue weighted by Crippen LogP contribution is -2.69. The molecule has 0 radical (unpaired) electrons. The van der Waals surface area contributed by atoms with Crippen molar-refractivity contribution in [3.8, 4) is 0 Å². The van der Waals surface area contributed by atoms with Gasteiger partial charge in [-0.15, -0.1) is 0 Å². The Bertz CT molecular complexity index is 2360. The highest BCUT2D eigenvalue weighted by Gasteiger charge is 2.70. The second kappa shape index (κ2) is 27.3. The van der Waals surface area contributed by atoms with Crippen molar-refractivity contribution in [2.45, 2.75) is 276 Å². The van der Waals surface area contributed by atoms with Crippen LogP contribution in [0.1, 0.15) is 91.9 Å². The Morgan fingerprint density at radius 3 is 1.40 bits per heavy atom. The summed E-state index contributed by atoms with van der Waals surface area (Å²) in [5.74, 6) is 2.18. The average molecular weight is 1300 g/mol. The lowest BCUT2D eigenvalue weighted by atomic mass is 9.44. The minimum Gasteiger partial charge on any atom is -0.394 e. The van der Waals surface area contributed by atoms with Crippen LogP contribution in [0.5, 0.6) is 0 Å². The number of ether oxygens (including phenoxy) is 14. The Hall–Kier alpha value is -1.20. The molecule has 16 N–H and O–H groups in total. The van der Waals surface area contributed by atoms with Crippen LogP contribution in [0.15, 0.2) is 0 Å². The summed E-state index contributed by atoms with van der Waals surface area (Å²) in [5.41, 5.74) is 0.00726. The minimum absolute atomic E-state index is 0.0873. The monoisotopic (exact) mass is 1300 g/mol. The van der Waals surface area contributed by atoms with Crippen molar-refractivity contribution in [2.24, 2.45) is 52.3 Å². The van der Waals surface area contributed by atoms with Crippen molar-refractivity contribution in [2.75, 3.05) is 46.2 Å². The molecule has 39 atom stereocenters. The largest absolute Gasteiger partial charge is 0.394 e. The summed E-state index contributed by atoms with van der Waals surface area (Å²) in [6.07, 6.45) is -41.3. The van der Waals surface area contributed by atoms with Crippen molar-refractivity contribution in [1.29, 1.82) is 0 Å². The van der Waals surface area contributed by atoms with E-state index in [1.165, 1.54) is 0 Å². The van der Waals surface area contributed by atoms with Crippen LogP contribution in [0.3, 0.4) is 0 Å². The van der Waals surface area contributed by atoms with E-state index in [-0.39, 0.29) is 28.8 Å². The maximum Gasteiger partial charge on any atom is 0.187 e. The molecule has 90 heavy (non-hydrogen) atoms. The summed E-state index contributed by atoms with van der Waals surface area (Å²) in [4.78, 5) is 0. The molecule has 8 saturated heterocycles. The average Bonchev–Trinajstić information content (AvgIpc) is 1.50. The van der Waals surface area contributed by atoms with E-state index in [4.69, 9.17) is 66.3 Å². The minimum atomic E-state index is -2.10. The first kappa shape index (κ1) is 68.7. The first-order valence-electron chi connectivity index (χ1n) is 32.6. The van der Waals surface area contributed by atoms with E-state index in [1.54, 1.807) is 0 Å². The third-order valence-electron chi connectivity index (χ3n) is 23.4. The maximum absolute atomic E-state index is 12.4. The molecule has 0 bridgehead atoms. The van der Waals surface area contributed by atoms with E-state index in [1.807, 2.05) is 0 Å². The van der Waals surface area contributed by atoms with Gasteiger partial charge in [-0.05, 0) is 104 Å². The topological polar surface area (TPSA) is 453 Å². The van der Waals surface area contributed by atoms with Gasteiger partial charge in [0, 0.05) is 12.3 Å². The van der Waals surface area contributed by atoms with Crippen LogP contribution in [-0.2, 0) is 66.3 Å². The molecule has 0 aromatic rings. The van der Waals surface area contributed by atoms with Gasteiger partial charge in [0.05, 0.1) is 58.5 Å². The third kappa shape index (κ3) is 12.3. The molecule has 39 unspecified atom stereocenters. The van der Waals surface area contributed by atoms with Crippen LogP contribution in [0, 0.1) is 52.3 Å². The standard InChI is InChI=1S/C60H98O30/c1-22-7-12-60(80-18-22)23(2)36-32(90-60)14-28-26-6-5-24-13-25(8-10-58(24,3)27(26)9-11-59(28,36)4)81-56-50(89-55-46(76)47(40(70)33(15-61)82-55)85-52-43(73)37(67)29(64)19-77-52)49(42(72)34(16-62)83-56)87-57-51(88-54-45(75)39(69)31(66)21-79-54)48(41(71)35(17-63)84-57)86-53-44(74)38(68)30(65)20-78-53/h22-57,61-76H,5-21H2,1-4H3. The Morgan fingerprint density at radius 2 is 0.878 bits per heavy atom. The van der Waals surface area contributed by atoms with Gasteiger partial charge in [-0.2, -0.15) is 0 Å². The summed E-state index contributed by atoms with van der Waals surface area (Å²) in [7, 11) is 0. The highest BCUT2D eigenvalue weighted by atomic mass is 16.8. The van der Waals surface area contributed by atoms with E-state index >= 15 is 0 Å². The SMILES string of the molecule is CC1CCC2(OC1)OC1CC3C4CCC5CC(OC6OC(CO)C(O)C(OC7OC(CO)C(O)C(OC8OCC(O)C(O)C8O)C7OC7OCC(O)C(O)C7O)C6OC6OC(CO)C(O)C(OC7OCC(O)C(O)C7O)C6O)CCC5(C)C4CCC3(C)C1C2C. The van der Waals surface area contributed by atoms with E-state index in [0.29, 0.717) is 49.0 Å². The van der Waals surface area contributed by atoms with Gasteiger partial charge in [0.25, 0.3) is 0 Å². The first-order chi connectivity index (χ1) is 42.8. The Kier molecular flexibility index (Phi) is 20.8. The van der Waals surface area contributed by atoms with Crippen molar-refractivity contribution >= 4 is 0 Å². The van der Waals surface area contributed by atoms with E-state index < -0.39 is 217 Å². The quantitative estimate of drug-likeness (QED) is 0.0681. The third-order valence-corrected chi connectivity index (χ3v) is 23.4. The number of aliphatic hydroxyl groups excluding tert-OH is 16. The number of hydrogen-bond acceptors (Lipinski definition) is 30. The summed E-state index contributed by atoms with van der Waals surface area (Å²) in [6, 6.07) is 0. The molecule has 12 fully saturated rings. The molecule has 8 aliphatic heterocycles. The second-order valence-electron chi connectivity index (χ2n) is 28.6. The second-order valence-corrected chi connectivity index (χ2v) is 28.6. The Morgan fingerprint density at radius 1 is 0.411 bits per heavy atom. The van der Waals surface area contributed by atoms with Crippen LogP contribution in [0.4, 0.5) is 0 Å². The molecular weight excluding hydrogens is 1200 g/mol. The van der Waals surface area contributed by atoms with Crippen LogP contribution in [0.25, 0.3) is 0 Å². The van der Waals surface area contributed by atoms with Gasteiger partial charge in [0.15, 0.2) is 43.5 Å². The van der Waals surface area contributed by atoms with Crippen LogP contribution in [-0.4, -0.2) is 312 Å². The molecule has 30 heteroatoms. The fourth-order valence-corrected chi connectivity index (χ4v) is 18.2. The van der Waals surface area contributed by atoms with Gasteiger partial charge in [0.1, 0.15) is 128 Å². The fourth-order valence-electron chi connectivity index (χ4n) is 18.2. The normalized spacial score (nSPS) is 57.3. The predicted molar refractivity (Wildman–Crippen MR) is 296 cm³/mol. The zero-order chi connectivity index (χ0) is 64.2. The van der Waals surface area contributed by atoms with Crippen LogP contribution < -0.4 is 0 Å². The predicted octanol–water partition coefficient (Wildman–Crippen LogP) is -5.34. The molecule has 0 aromatic heterocycles. The molecule has 4 saturated carbocycles. The molecule has 12 rings (SSSR count). The van der Waals surface area contributed by atoms with Crippen molar-refractivity contribution < 1.29 is 148 Å². The van der Waals surface area contributed by atoms with Crippen LogP contribution in [0.2, 0.25) is 0 Å². The lowest BCUT2D eigenvalue weighted by Gasteiger charge is -2.61. The Labute approximate surface area is 520 Å². The first-order valence-corrected chi connectivity index (χ1v) is 32.6. The van der Waals surface area contributed by atoms with Gasteiger partial charge in [-0.1, -0.05) is 27.7 Å². The van der Waals surface area contributed by atoms with E-state index in [9.17, 15) is 81.7 Å². The fraction of sp³-hybridized carbons (Fsp3) is 1.00. The summed E-state index contributed by atoms with van der Waals surface area (Å²) >= 11 is 0. The van der Waals surface area contributed by atoms with Gasteiger partial charge in [0.2, 0.25) is 0 Å². The molecule has 4 aliphatic carbocycles. The van der Waals surface area contributed by atoms with Gasteiger partial charge < -0.3 is 148 Å². The Balaban J connectivity index is 0.841. The summed E-state index contributed by atoms with van der Waals surface area (Å²) < 4.78 is 87.4. The number of hydrogen-bond donors (Lipinski definition) is 16. The van der Waals surface area contributed by atoms with Gasteiger partial charge in [-0.25, -0.2) is 0 Å². The molecule has 0 aromatic carbocycles. The highest BCUT2D eigenvalue weighted by molar-refractivity contribution is 5.16. The molecule has 1 spiro atoms. The van der Waals surface area contributed by atoms with E-state index in [0.717, 1.165) is 51.4 Å². The summed E-state index contributed by atoms with van der Waals surface area (Å²) in [5, 5.41) is 176. The lowest BCUT2D eigenvalue weighted by molar-refractivity contribution is -0.415. The number of aliphatic hydroxyl groups is 16. The molecular formula is C60H98O30. The summed E-state index contributed by atoms with van der Waals surface area (Å²) in [6.45, 7) is 5.68. The molecule has 12 aliphatic rings. The van der Waals surface area contributed by atoms with Gasteiger partial charge in [-0.3, -0.25) is 0 Å². The smallest absolute Gasteiger partial charge is 0.187 e. The molecule has 518 valence electrons. The van der Waals surface area contributed by atoms with Crippen molar-refractivity contribution in [3.63, 3.8) is 0 Å². The van der Waals surface area contributed by atoms with Crippen molar-refractivity contribution in [3.05, 3.63) is 0 Å².